The van der Waals surface area contributed by atoms with Gasteiger partial charge in [0.25, 0.3) is 0 Å². The van der Waals surface area contributed by atoms with Crippen LogP contribution in [0.5, 0.6) is 11.5 Å². The number of carbonyl (C=O) groups excluding carboxylic acids is 1. The summed E-state index contributed by atoms with van der Waals surface area (Å²) in [6, 6.07) is 12.5. The molecule has 8 nitrogen and oxygen atoms in total. The van der Waals surface area contributed by atoms with Crippen molar-refractivity contribution in [2.45, 2.75) is 39.2 Å². The topological polar surface area (TPSA) is 94.5 Å². The van der Waals surface area contributed by atoms with Crippen LogP contribution < -0.4 is 9.47 Å². The molecular formula is C26H34FNO7. The molecule has 0 saturated heterocycles. The van der Waals surface area contributed by atoms with Crippen molar-refractivity contribution in [3.63, 3.8) is 0 Å². The summed E-state index contributed by atoms with van der Waals surface area (Å²) >= 11 is 0. The first-order valence-corrected chi connectivity index (χ1v) is 11.8. The van der Waals surface area contributed by atoms with Crippen LogP contribution >= 0.6 is 0 Å². The lowest BCUT2D eigenvalue weighted by atomic mass is 10.1. The average molecular weight is 492 g/mol. The Kier molecular flexibility index (Phi) is 12.6. The lowest BCUT2D eigenvalue weighted by molar-refractivity contribution is -0.149. The van der Waals surface area contributed by atoms with Gasteiger partial charge in [-0.1, -0.05) is 25.1 Å². The number of halogens is 1. The van der Waals surface area contributed by atoms with E-state index in [0.717, 1.165) is 18.1 Å². The zero-order valence-electron chi connectivity index (χ0n) is 20.3. The molecule has 1 amide bonds. The van der Waals surface area contributed by atoms with Crippen LogP contribution in [0.15, 0.2) is 48.5 Å². The molecule has 192 valence electrons. The van der Waals surface area contributed by atoms with Crippen molar-refractivity contribution >= 4 is 12.1 Å². The summed E-state index contributed by atoms with van der Waals surface area (Å²) in [4.78, 5) is 25.4. The Morgan fingerprint density at radius 2 is 1.77 bits per heavy atom. The molecule has 0 saturated carbocycles. The molecule has 0 fully saturated rings. The van der Waals surface area contributed by atoms with Gasteiger partial charge < -0.3 is 29.0 Å². The van der Waals surface area contributed by atoms with Crippen molar-refractivity contribution in [3.8, 4) is 11.5 Å². The Morgan fingerprint density at radius 3 is 2.43 bits per heavy atom. The summed E-state index contributed by atoms with van der Waals surface area (Å²) in [5.41, 5.74) is 0.811. The lowest BCUT2D eigenvalue weighted by Gasteiger charge is -2.22. The minimum atomic E-state index is -1.00. The Hall–Kier alpha value is -3.17. The van der Waals surface area contributed by atoms with Crippen LogP contribution in [0.1, 0.15) is 32.3 Å². The molecule has 0 aliphatic carbocycles. The summed E-state index contributed by atoms with van der Waals surface area (Å²) in [5, 5.41) is 9.23. The highest BCUT2D eigenvalue weighted by Gasteiger charge is 2.18. The van der Waals surface area contributed by atoms with Crippen LogP contribution in [-0.4, -0.2) is 67.7 Å². The molecule has 0 aliphatic heterocycles. The van der Waals surface area contributed by atoms with Gasteiger partial charge in [0.2, 0.25) is 0 Å². The Morgan fingerprint density at radius 1 is 1.00 bits per heavy atom. The van der Waals surface area contributed by atoms with E-state index in [-0.39, 0.29) is 25.3 Å². The first-order chi connectivity index (χ1) is 16.9. The number of carboxylic acid groups (broad SMARTS) is 1. The molecule has 0 heterocycles. The summed E-state index contributed by atoms with van der Waals surface area (Å²) < 4.78 is 35.2. The van der Waals surface area contributed by atoms with Gasteiger partial charge in [0.1, 0.15) is 23.9 Å². The number of nitrogens with zero attached hydrogens (tertiary/aromatic N) is 1. The first-order valence-electron chi connectivity index (χ1n) is 11.8. The largest absolute Gasteiger partial charge is 0.492 e. The number of hydrogen-bond donors (Lipinski definition) is 1. The van der Waals surface area contributed by atoms with E-state index in [1.165, 1.54) is 23.1 Å². The zero-order chi connectivity index (χ0) is 25.5. The molecule has 1 N–H and O–H groups in total. The second kappa shape index (κ2) is 15.7. The number of ether oxygens (including phenoxy) is 4. The standard InChI is InChI=1S/C26H34FNO7/c1-3-15-32-16-6-13-28(26(31)35-23-8-5-7-21(27)19-23)14-17-34-22-11-9-20(10-12-22)18-24(25(29)30)33-4-2/h5,7-12,19,24H,3-4,6,13-18H2,1-2H3,(H,29,30). The van der Waals surface area contributed by atoms with Gasteiger partial charge in [0, 0.05) is 38.9 Å². The van der Waals surface area contributed by atoms with E-state index in [0.29, 0.717) is 38.5 Å². The van der Waals surface area contributed by atoms with Crippen molar-refractivity contribution in [1.82, 2.24) is 4.90 Å². The van der Waals surface area contributed by atoms with E-state index in [4.69, 9.17) is 18.9 Å². The van der Waals surface area contributed by atoms with Gasteiger partial charge in [-0.2, -0.15) is 0 Å². The van der Waals surface area contributed by atoms with Crippen molar-refractivity contribution < 1.29 is 38.0 Å². The highest BCUT2D eigenvalue weighted by atomic mass is 19.1. The highest BCUT2D eigenvalue weighted by molar-refractivity contribution is 5.72. The third kappa shape index (κ3) is 10.7. The molecule has 2 aromatic carbocycles. The minimum Gasteiger partial charge on any atom is -0.492 e. The van der Waals surface area contributed by atoms with E-state index >= 15 is 0 Å². The number of benzene rings is 2. The molecule has 0 aliphatic rings. The average Bonchev–Trinajstić information content (AvgIpc) is 2.83. The maximum atomic E-state index is 13.4. The molecule has 1 unspecified atom stereocenters. The first kappa shape index (κ1) is 28.1. The van der Waals surface area contributed by atoms with E-state index in [9.17, 15) is 19.1 Å². The lowest BCUT2D eigenvalue weighted by Crippen LogP contribution is -2.38. The minimum absolute atomic E-state index is 0.130. The van der Waals surface area contributed by atoms with Gasteiger partial charge in [-0.25, -0.2) is 14.0 Å². The second-order valence-corrected chi connectivity index (χ2v) is 7.76. The third-order valence-electron chi connectivity index (χ3n) is 4.94. The van der Waals surface area contributed by atoms with Crippen molar-refractivity contribution in [2.24, 2.45) is 0 Å². The molecule has 1 atom stereocenters. The molecular weight excluding hydrogens is 457 g/mol. The highest BCUT2D eigenvalue weighted by Crippen LogP contribution is 2.16. The van der Waals surface area contributed by atoms with E-state index in [1.807, 2.05) is 6.92 Å². The molecule has 0 aromatic heterocycles. The van der Waals surface area contributed by atoms with Gasteiger partial charge >= 0.3 is 12.1 Å². The SMILES string of the molecule is CCCOCCCN(CCOc1ccc(CC(OCC)C(=O)O)cc1)C(=O)Oc1cccc(F)c1. The molecule has 2 aromatic rings. The van der Waals surface area contributed by atoms with E-state index in [2.05, 4.69) is 0 Å². The molecule has 0 radical (unpaired) electrons. The Bertz CT molecular complexity index is 907. The Balaban J connectivity index is 1.90. The van der Waals surface area contributed by atoms with E-state index in [1.54, 1.807) is 31.2 Å². The fourth-order valence-corrected chi connectivity index (χ4v) is 3.22. The fraction of sp³-hybridized carbons (Fsp3) is 0.462. The predicted molar refractivity (Wildman–Crippen MR) is 128 cm³/mol. The fourth-order valence-electron chi connectivity index (χ4n) is 3.22. The molecule has 2 rings (SSSR count). The van der Waals surface area contributed by atoms with Gasteiger partial charge in [-0.15, -0.1) is 0 Å². The number of hydrogen-bond acceptors (Lipinski definition) is 6. The van der Waals surface area contributed by atoms with Crippen molar-refractivity contribution in [1.29, 1.82) is 0 Å². The van der Waals surface area contributed by atoms with Crippen molar-refractivity contribution in [2.75, 3.05) is 39.5 Å². The van der Waals surface area contributed by atoms with Gasteiger partial charge in [0.15, 0.2) is 6.10 Å². The van der Waals surface area contributed by atoms with Gasteiger partial charge in [-0.05, 0) is 49.6 Å². The number of rotatable bonds is 16. The molecule has 35 heavy (non-hydrogen) atoms. The van der Waals surface area contributed by atoms with Crippen LogP contribution in [0.4, 0.5) is 9.18 Å². The summed E-state index contributed by atoms with van der Waals surface area (Å²) in [6.45, 7) is 6.14. The number of carbonyl (C=O) groups is 2. The van der Waals surface area contributed by atoms with Crippen LogP contribution in [0.3, 0.4) is 0 Å². The molecule has 9 heteroatoms. The summed E-state index contributed by atoms with van der Waals surface area (Å²) in [7, 11) is 0. The molecule has 0 spiro atoms. The number of carboxylic acids is 1. The van der Waals surface area contributed by atoms with E-state index < -0.39 is 24.0 Å². The van der Waals surface area contributed by atoms with Gasteiger partial charge in [-0.3, -0.25) is 0 Å². The third-order valence-corrected chi connectivity index (χ3v) is 4.94. The van der Waals surface area contributed by atoms with Crippen LogP contribution in [0.2, 0.25) is 0 Å². The number of aliphatic carboxylic acids is 1. The maximum Gasteiger partial charge on any atom is 0.415 e. The zero-order valence-corrected chi connectivity index (χ0v) is 20.3. The summed E-state index contributed by atoms with van der Waals surface area (Å²) in [5.74, 6) is -0.776. The smallest absolute Gasteiger partial charge is 0.415 e. The van der Waals surface area contributed by atoms with Crippen LogP contribution in [0, 0.1) is 5.82 Å². The van der Waals surface area contributed by atoms with Gasteiger partial charge in [0.05, 0.1) is 6.54 Å². The second-order valence-electron chi connectivity index (χ2n) is 7.76. The Labute approximate surface area is 205 Å². The van der Waals surface area contributed by atoms with Crippen LogP contribution in [0.25, 0.3) is 0 Å². The monoisotopic (exact) mass is 491 g/mol. The normalized spacial score (nSPS) is 11.6. The predicted octanol–water partition coefficient (Wildman–Crippen LogP) is 4.55. The molecule has 0 bridgehead atoms. The van der Waals surface area contributed by atoms with Crippen molar-refractivity contribution in [3.05, 3.63) is 59.9 Å². The van der Waals surface area contributed by atoms with Crippen LogP contribution in [-0.2, 0) is 20.7 Å². The summed E-state index contributed by atoms with van der Waals surface area (Å²) in [6.07, 6.45) is 0.299. The quantitative estimate of drug-likeness (QED) is 0.344. The maximum absolute atomic E-state index is 13.4. The number of amides is 1.